The van der Waals surface area contributed by atoms with Crippen molar-refractivity contribution >= 4 is 0 Å². The highest BCUT2D eigenvalue weighted by molar-refractivity contribution is 5.39. The summed E-state index contributed by atoms with van der Waals surface area (Å²) in [6, 6.07) is 3.85. The van der Waals surface area contributed by atoms with Crippen LogP contribution in [0, 0.1) is 22.7 Å². The van der Waals surface area contributed by atoms with Crippen molar-refractivity contribution < 1.29 is 0 Å². The topological polar surface area (TPSA) is 47.6 Å². The van der Waals surface area contributed by atoms with E-state index in [1.54, 1.807) is 0 Å². The van der Waals surface area contributed by atoms with Gasteiger partial charge in [-0.3, -0.25) is 0 Å². The first-order chi connectivity index (χ1) is 8.51. The Bertz CT molecular complexity index is 417. The van der Waals surface area contributed by atoms with Crippen molar-refractivity contribution in [2.24, 2.45) is 0 Å². The van der Waals surface area contributed by atoms with Gasteiger partial charge in [0.05, 0.1) is 0 Å². The molecule has 0 aromatic rings. The molecule has 0 amide bonds. The van der Waals surface area contributed by atoms with Crippen molar-refractivity contribution in [1.82, 2.24) is 0 Å². The molecule has 0 aromatic heterocycles. The van der Waals surface area contributed by atoms with Gasteiger partial charge in [-0.1, -0.05) is 23.3 Å². The van der Waals surface area contributed by atoms with E-state index in [1.807, 2.05) is 19.1 Å². The molecule has 0 aliphatic rings. The zero-order valence-corrected chi connectivity index (χ0v) is 11.9. The molecule has 0 saturated carbocycles. The Labute approximate surface area is 111 Å². The Morgan fingerprint density at radius 1 is 0.889 bits per heavy atom. The molecule has 0 heterocycles. The monoisotopic (exact) mass is 242 g/mol. The molecule has 18 heavy (non-hydrogen) atoms. The lowest BCUT2D eigenvalue weighted by Gasteiger charge is -2.01. The van der Waals surface area contributed by atoms with E-state index >= 15 is 0 Å². The van der Waals surface area contributed by atoms with E-state index in [2.05, 4.69) is 32.9 Å². The maximum Gasteiger partial charge on any atom is 0.128 e. The molecule has 0 fully saturated rings. The maximum absolute atomic E-state index is 8.72. The normalized spacial score (nSPS) is 10.2. The summed E-state index contributed by atoms with van der Waals surface area (Å²) in [4.78, 5) is 0. The predicted octanol–water partition coefficient (Wildman–Crippen LogP) is 4.82. The summed E-state index contributed by atoms with van der Waals surface area (Å²) >= 11 is 0. The van der Waals surface area contributed by atoms with Crippen molar-refractivity contribution in [3.63, 3.8) is 0 Å². The molecule has 0 aromatic carbocycles. The lowest BCUT2D eigenvalue weighted by atomic mass is 10.0. The largest absolute Gasteiger partial charge is 0.192 e. The Kier molecular flexibility index (Phi) is 8.33. The lowest BCUT2D eigenvalue weighted by molar-refractivity contribution is 0.916. The second-order valence-corrected chi connectivity index (χ2v) is 4.79. The third-order valence-electron chi connectivity index (χ3n) is 2.75. The van der Waals surface area contributed by atoms with Crippen molar-refractivity contribution in [2.75, 3.05) is 0 Å². The second-order valence-electron chi connectivity index (χ2n) is 4.79. The fraction of sp³-hybridized carbons (Fsp3) is 0.500. The van der Waals surface area contributed by atoms with E-state index in [-0.39, 0.29) is 5.57 Å². The number of allylic oxidation sites excluding steroid dienone is 6. The van der Waals surface area contributed by atoms with Crippen molar-refractivity contribution in [3.05, 3.63) is 34.4 Å². The summed E-state index contributed by atoms with van der Waals surface area (Å²) < 4.78 is 0. The smallest absolute Gasteiger partial charge is 0.128 e. The molecule has 2 nitrogen and oxygen atoms in total. The molecule has 0 aliphatic carbocycles. The lowest BCUT2D eigenvalue weighted by Crippen LogP contribution is -1.84. The quantitative estimate of drug-likeness (QED) is 0.495. The Morgan fingerprint density at radius 3 is 1.94 bits per heavy atom. The van der Waals surface area contributed by atoms with Gasteiger partial charge < -0.3 is 0 Å². The Balaban J connectivity index is 4.18. The van der Waals surface area contributed by atoms with Gasteiger partial charge in [-0.05, 0) is 59.0 Å². The molecule has 0 radical (unpaired) electrons. The van der Waals surface area contributed by atoms with Crippen LogP contribution in [0.4, 0.5) is 0 Å². The van der Waals surface area contributed by atoms with Gasteiger partial charge in [0.15, 0.2) is 0 Å². The van der Waals surface area contributed by atoms with Crippen LogP contribution in [0.2, 0.25) is 0 Å². The molecule has 0 rings (SSSR count). The fourth-order valence-electron chi connectivity index (χ4n) is 1.57. The second kappa shape index (κ2) is 9.25. The first-order valence-corrected chi connectivity index (χ1v) is 6.30. The number of rotatable bonds is 6. The van der Waals surface area contributed by atoms with Gasteiger partial charge >= 0.3 is 0 Å². The standard InChI is InChI=1S/C16H22N2/c1-13(2)7-5-8-14(3)9-6-10-15(4)16(11-17)12-18/h7,9H,5-6,8,10H2,1-4H3/b14-9+. The van der Waals surface area contributed by atoms with Crippen LogP contribution in [-0.2, 0) is 0 Å². The molecular formula is C16H22N2. The van der Waals surface area contributed by atoms with E-state index in [0.29, 0.717) is 0 Å². The van der Waals surface area contributed by atoms with Crippen LogP contribution in [0.1, 0.15) is 53.4 Å². The summed E-state index contributed by atoms with van der Waals surface area (Å²) in [6.45, 7) is 8.21. The number of hydrogen-bond donors (Lipinski definition) is 0. The molecule has 2 heteroatoms. The number of nitrogens with zero attached hydrogens (tertiary/aromatic N) is 2. The van der Waals surface area contributed by atoms with Crippen molar-refractivity contribution in [1.29, 1.82) is 10.5 Å². The first kappa shape index (κ1) is 16.2. The van der Waals surface area contributed by atoms with Gasteiger partial charge in [0.1, 0.15) is 17.7 Å². The van der Waals surface area contributed by atoms with Crippen molar-refractivity contribution in [3.8, 4) is 12.1 Å². The number of hydrogen-bond acceptors (Lipinski definition) is 2. The van der Waals surface area contributed by atoms with Crippen LogP contribution in [0.3, 0.4) is 0 Å². The van der Waals surface area contributed by atoms with Crippen LogP contribution in [0.15, 0.2) is 34.4 Å². The average molecular weight is 242 g/mol. The molecule has 0 unspecified atom stereocenters. The van der Waals surface area contributed by atoms with Crippen LogP contribution in [0.5, 0.6) is 0 Å². The van der Waals surface area contributed by atoms with Crippen LogP contribution >= 0.6 is 0 Å². The zero-order chi connectivity index (χ0) is 14.0. The highest BCUT2D eigenvalue weighted by Crippen LogP contribution is 2.13. The molecule has 0 atom stereocenters. The Morgan fingerprint density at radius 2 is 1.44 bits per heavy atom. The first-order valence-electron chi connectivity index (χ1n) is 6.30. The average Bonchev–Trinajstić information content (AvgIpc) is 2.30. The van der Waals surface area contributed by atoms with Gasteiger partial charge in [-0.15, -0.1) is 0 Å². The predicted molar refractivity (Wildman–Crippen MR) is 75.6 cm³/mol. The molecular weight excluding hydrogens is 220 g/mol. The summed E-state index contributed by atoms with van der Waals surface area (Å²) in [7, 11) is 0. The molecule has 0 bridgehead atoms. The molecule has 0 aliphatic heterocycles. The van der Waals surface area contributed by atoms with Crippen LogP contribution in [0.25, 0.3) is 0 Å². The zero-order valence-electron chi connectivity index (χ0n) is 11.9. The third kappa shape index (κ3) is 7.47. The minimum atomic E-state index is 0.255. The number of nitriles is 2. The minimum absolute atomic E-state index is 0.255. The van der Waals surface area contributed by atoms with E-state index in [0.717, 1.165) is 31.3 Å². The third-order valence-corrected chi connectivity index (χ3v) is 2.75. The van der Waals surface area contributed by atoms with E-state index in [4.69, 9.17) is 10.5 Å². The molecule has 0 N–H and O–H groups in total. The SMILES string of the molecule is CC(C)=CCC/C(C)=C/CCC(C)=C(C#N)C#N. The van der Waals surface area contributed by atoms with Gasteiger partial charge in [-0.2, -0.15) is 10.5 Å². The van der Waals surface area contributed by atoms with E-state index in [9.17, 15) is 0 Å². The summed E-state index contributed by atoms with van der Waals surface area (Å²) in [5, 5.41) is 17.4. The highest BCUT2D eigenvalue weighted by Gasteiger charge is 1.99. The van der Waals surface area contributed by atoms with Crippen LogP contribution in [-0.4, -0.2) is 0 Å². The van der Waals surface area contributed by atoms with Gasteiger partial charge in [0.2, 0.25) is 0 Å². The fourth-order valence-corrected chi connectivity index (χ4v) is 1.57. The van der Waals surface area contributed by atoms with Gasteiger partial charge in [0, 0.05) is 0 Å². The molecule has 0 saturated heterocycles. The summed E-state index contributed by atoms with van der Waals surface area (Å²) in [5.74, 6) is 0. The van der Waals surface area contributed by atoms with Crippen molar-refractivity contribution in [2.45, 2.75) is 53.4 Å². The van der Waals surface area contributed by atoms with Crippen LogP contribution < -0.4 is 0 Å². The van der Waals surface area contributed by atoms with E-state index < -0.39 is 0 Å². The molecule has 0 spiro atoms. The van der Waals surface area contributed by atoms with E-state index in [1.165, 1.54) is 11.1 Å². The van der Waals surface area contributed by atoms with Gasteiger partial charge in [-0.25, -0.2) is 0 Å². The van der Waals surface area contributed by atoms with Gasteiger partial charge in [0.25, 0.3) is 0 Å². The summed E-state index contributed by atoms with van der Waals surface area (Å²) in [6.07, 6.45) is 8.30. The highest BCUT2D eigenvalue weighted by atomic mass is 14.3. The maximum atomic E-state index is 8.72. The minimum Gasteiger partial charge on any atom is -0.192 e. The molecule has 96 valence electrons. The Hall–Kier alpha value is -1.80. The summed E-state index contributed by atoms with van der Waals surface area (Å²) in [5.41, 5.74) is 3.86.